The molecule has 0 atom stereocenters. The van der Waals surface area contributed by atoms with Crippen LogP contribution in [-0.4, -0.2) is 16.1 Å². The van der Waals surface area contributed by atoms with Crippen molar-refractivity contribution in [3.05, 3.63) is 21.7 Å². The van der Waals surface area contributed by atoms with Crippen molar-refractivity contribution in [1.82, 2.24) is 4.98 Å². The van der Waals surface area contributed by atoms with Crippen LogP contribution in [0.25, 0.3) is 6.08 Å². The van der Waals surface area contributed by atoms with Crippen molar-refractivity contribution in [2.24, 2.45) is 0 Å². The van der Waals surface area contributed by atoms with Crippen molar-refractivity contribution in [2.45, 2.75) is 6.92 Å². The van der Waals surface area contributed by atoms with Crippen LogP contribution < -0.4 is 0 Å². The Kier molecular flexibility index (Phi) is 2.77. The molecular formula is C8H6N2O2S. The predicted octanol–water partition coefficient (Wildman–Crippen LogP) is 1.44. The van der Waals surface area contributed by atoms with E-state index in [0.717, 1.165) is 5.69 Å². The van der Waals surface area contributed by atoms with E-state index in [2.05, 4.69) is 4.98 Å². The first-order chi connectivity index (χ1) is 6.13. The summed E-state index contributed by atoms with van der Waals surface area (Å²) in [6, 6.07) is 1.59. The smallest absolute Gasteiger partial charge is 0.346 e. The average Bonchev–Trinajstić information content (AvgIpc) is 2.46. The normalized spacial score (nSPS) is 10.9. The van der Waals surface area contributed by atoms with Crippen molar-refractivity contribution in [3.63, 3.8) is 0 Å². The van der Waals surface area contributed by atoms with Gasteiger partial charge in [-0.15, -0.1) is 11.3 Å². The van der Waals surface area contributed by atoms with E-state index in [-0.39, 0.29) is 5.57 Å². The summed E-state index contributed by atoms with van der Waals surface area (Å²) in [5, 5.41) is 19.3. The minimum atomic E-state index is -1.23. The van der Waals surface area contributed by atoms with Gasteiger partial charge in [0.15, 0.2) is 0 Å². The fraction of sp³-hybridized carbons (Fsp3) is 0.125. The lowest BCUT2D eigenvalue weighted by Crippen LogP contribution is -1.97. The second kappa shape index (κ2) is 3.83. The SMILES string of the molecule is Cc1csc(/C=C(/C#N)C(=O)O)n1. The first-order valence-electron chi connectivity index (χ1n) is 3.40. The Bertz CT molecular complexity index is 401. The number of carboxylic acid groups (broad SMARTS) is 1. The average molecular weight is 194 g/mol. The summed E-state index contributed by atoms with van der Waals surface area (Å²) in [7, 11) is 0. The maximum absolute atomic E-state index is 10.4. The molecule has 1 heterocycles. The number of carboxylic acids is 1. The summed E-state index contributed by atoms with van der Waals surface area (Å²) >= 11 is 1.31. The summed E-state index contributed by atoms with van der Waals surface area (Å²) in [5.41, 5.74) is 0.522. The highest BCUT2D eigenvalue weighted by Gasteiger charge is 2.06. The minimum Gasteiger partial charge on any atom is -0.477 e. The molecule has 0 aliphatic heterocycles. The van der Waals surface area contributed by atoms with Gasteiger partial charge in [-0.2, -0.15) is 5.26 Å². The van der Waals surface area contributed by atoms with Crippen LogP contribution in [0.3, 0.4) is 0 Å². The summed E-state index contributed by atoms with van der Waals surface area (Å²) in [6.45, 7) is 1.81. The standard InChI is InChI=1S/C8H6N2O2S/c1-5-4-13-7(10-5)2-6(3-9)8(11)12/h2,4H,1H3,(H,11,12)/b6-2-. The fourth-order valence-electron chi connectivity index (χ4n) is 0.704. The van der Waals surface area contributed by atoms with Crippen LogP contribution >= 0.6 is 11.3 Å². The molecule has 66 valence electrons. The Labute approximate surface area is 78.8 Å². The van der Waals surface area contributed by atoms with Crippen molar-refractivity contribution < 1.29 is 9.90 Å². The van der Waals surface area contributed by atoms with Crippen LogP contribution in [0.4, 0.5) is 0 Å². The molecule has 0 saturated heterocycles. The number of hydrogen-bond donors (Lipinski definition) is 1. The Morgan fingerprint density at radius 3 is 2.92 bits per heavy atom. The molecule has 4 nitrogen and oxygen atoms in total. The van der Waals surface area contributed by atoms with Crippen LogP contribution in [0.2, 0.25) is 0 Å². The Morgan fingerprint density at radius 2 is 2.54 bits per heavy atom. The van der Waals surface area contributed by atoms with E-state index in [9.17, 15) is 4.79 Å². The van der Waals surface area contributed by atoms with Gasteiger partial charge in [0, 0.05) is 11.1 Å². The van der Waals surface area contributed by atoms with E-state index in [1.807, 2.05) is 0 Å². The van der Waals surface area contributed by atoms with Gasteiger partial charge in [-0.1, -0.05) is 0 Å². The Balaban J connectivity index is 3.00. The van der Waals surface area contributed by atoms with E-state index in [0.29, 0.717) is 5.01 Å². The summed E-state index contributed by atoms with van der Waals surface area (Å²) < 4.78 is 0. The van der Waals surface area contributed by atoms with E-state index < -0.39 is 5.97 Å². The lowest BCUT2D eigenvalue weighted by atomic mass is 10.3. The number of aliphatic carboxylic acids is 1. The highest BCUT2D eigenvalue weighted by molar-refractivity contribution is 7.10. The van der Waals surface area contributed by atoms with Crippen LogP contribution in [0.15, 0.2) is 11.0 Å². The Morgan fingerprint density at radius 1 is 1.85 bits per heavy atom. The second-order valence-corrected chi connectivity index (χ2v) is 3.19. The van der Waals surface area contributed by atoms with E-state index >= 15 is 0 Å². The molecule has 0 unspecified atom stereocenters. The van der Waals surface area contributed by atoms with Crippen molar-refractivity contribution in [1.29, 1.82) is 5.26 Å². The number of aryl methyl sites for hydroxylation is 1. The molecular weight excluding hydrogens is 188 g/mol. The maximum Gasteiger partial charge on any atom is 0.346 e. The Hall–Kier alpha value is -1.67. The van der Waals surface area contributed by atoms with Crippen molar-refractivity contribution in [3.8, 4) is 6.07 Å². The zero-order chi connectivity index (χ0) is 9.84. The van der Waals surface area contributed by atoms with E-state index in [1.165, 1.54) is 17.4 Å². The lowest BCUT2D eigenvalue weighted by molar-refractivity contribution is -0.132. The van der Waals surface area contributed by atoms with Gasteiger partial charge in [0.1, 0.15) is 16.6 Å². The maximum atomic E-state index is 10.4. The summed E-state index contributed by atoms with van der Waals surface area (Å²) in [6.07, 6.45) is 1.26. The molecule has 0 saturated carbocycles. The molecule has 0 spiro atoms. The minimum absolute atomic E-state index is 0.297. The molecule has 0 aliphatic rings. The molecule has 5 heteroatoms. The molecule has 13 heavy (non-hydrogen) atoms. The van der Waals surface area contributed by atoms with Crippen LogP contribution in [0.5, 0.6) is 0 Å². The first-order valence-corrected chi connectivity index (χ1v) is 4.28. The molecule has 1 rings (SSSR count). The van der Waals surface area contributed by atoms with Gasteiger partial charge < -0.3 is 5.11 Å². The molecule has 0 bridgehead atoms. The molecule has 0 aliphatic carbocycles. The third-order valence-electron chi connectivity index (χ3n) is 1.26. The lowest BCUT2D eigenvalue weighted by Gasteiger charge is -1.86. The number of carbonyl (C=O) groups is 1. The molecule has 0 fully saturated rings. The number of hydrogen-bond acceptors (Lipinski definition) is 4. The zero-order valence-corrected chi connectivity index (χ0v) is 7.63. The predicted molar refractivity (Wildman–Crippen MR) is 48.1 cm³/mol. The fourth-order valence-corrected chi connectivity index (χ4v) is 1.43. The topological polar surface area (TPSA) is 74.0 Å². The molecule has 1 aromatic rings. The number of rotatable bonds is 2. The van der Waals surface area contributed by atoms with Gasteiger partial charge in [0.25, 0.3) is 0 Å². The highest BCUT2D eigenvalue weighted by Crippen LogP contribution is 2.12. The summed E-state index contributed by atoms with van der Waals surface area (Å²) in [5.74, 6) is -1.23. The molecule has 1 N–H and O–H groups in total. The van der Waals surface area contributed by atoms with Gasteiger partial charge in [0.05, 0.1) is 0 Å². The quantitative estimate of drug-likeness (QED) is 0.571. The van der Waals surface area contributed by atoms with Gasteiger partial charge >= 0.3 is 5.97 Å². The molecule has 0 amide bonds. The first kappa shape index (κ1) is 9.42. The second-order valence-electron chi connectivity index (χ2n) is 2.30. The largest absolute Gasteiger partial charge is 0.477 e. The van der Waals surface area contributed by atoms with E-state index in [4.69, 9.17) is 10.4 Å². The van der Waals surface area contributed by atoms with Crippen LogP contribution in [0.1, 0.15) is 10.7 Å². The highest BCUT2D eigenvalue weighted by atomic mass is 32.1. The number of nitrogens with zero attached hydrogens (tertiary/aromatic N) is 2. The van der Waals surface area contributed by atoms with Gasteiger partial charge in [0.2, 0.25) is 0 Å². The third kappa shape index (κ3) is 2.39. The van der Waals surface area contributed by atoms with Gasteiger partial charge in [-0.05, 0) is 13.0 Å². The number of aromatic nitrogens is 1. The molecule has 1 aromatic heterocycles. The van der Waals surface area contributed by atoms with Crippen molar-refractivity contribution >= 4 is 23.4 Å². The van der Waals surface area contributed by atoms with Gasteiger partial charge in [-0.25, -0.2) is 9.78 Å². The number of nitriles is 1. The third-order valence-corrected chi connectivity index (χ3v) is 2.17. The van der Waals surface area contributed by atoms with Crippen molar-refractivity contribution in [2.75, 3.05) is 0 Å². The van der Waals surface area contributed by atoms with E-state index in [1.54, 1.807) is 18.4 Å². The van der Waals surface area contributed by atoms with Gasteiger partial charge in [-0.3, -0.25) is 0 Å². The summed E-state index contributed by atoms with van der Waals surface area (Å²) in [4.78, 5) is 14.4. The molecule has 0 aromatic carbocycles. The van der Waals surface area contributed by atoms with Crippen LogP contribution in [0, 0.1) is 18.3 Å². The zero-order valence-electron chi connectivity index (χ0n) is 6.81. The number of thiazole rings is 1. The monoisotopic (exact) mass is 194 g/mol. The van der Waals surface area contributed by atoms with Crippen LogP contribution in [-0.2, 0) is 4.79 Å². The molecule has 0 radical (unpaired) electrons.